The maximum atomic E-state index is 5.25. The highest BCUT2D eigenvalue weighted by atomic mass is 16.5. The van der Waals surface area contributed by atoms with E-state index in [1.54, 1.807) is 7.11 Å². The fourth-order valence-electron chi connectivity index (χ4n) is 2.36. The van der Waals surface area contributed by atoms with Gasteiger partial charge in [-0.1, -0.05) is 13.8 Å². The summed E-state index contributed by atoms with van der Waals surface area (Å²) in [6, 6.07) is 2.52. The summed E-state index contributed by atoms with van der Waals surface area (Å²) in [5.74, 6) is 0.534. The average Bonchev–Trinajstić information content (AvgIpc) is 2.69. The molecule has 0 saturated heterocycles. The van der Waals surface area contributed by atoms with Crippen molar-refractivity contribution in [2.75, 3.05) is 13.7 Å². The molecule has 2 heterocycles. The van der Waals surface area contributed by atoms with Crippen molar-refractivity contribution < 1.29 is 4.74 Å². The summed E-state index contributed by atoms with van der Waals surface area (Å²) in [7, 11) is 3.66. The zero-order chi connectivity index (χ0) is 14.7. The predicted molar refractivity (Wildman–Crippen MR) is 80.6 cm³/mol. The van der Waals surface area contributed by atoms with Gasteiger partial charge in [0.2, 0.25) is 0 Å². The van der Waals surface area contributed by atoms with Crippen LogP contribution in [0.1, 0.15) is 25.1 Å². The fraction of sp³-hybridized carbons (Fsp3) is 0.600. The van der Waals surface area contributed by atoms with E-state index in [0.717, 1.165) is 29.9 Å². The van der Waals surface area contributed by atoms with Crippen molar-refractivity contribution in [3.05, 3.63) is 23.5 Å². The molecule has 20 heavy (non-hydrogen) atoms. The largest absolute Gasteiger partial charge is 0.383 e. The minimum Gasteiger partial charge on any atom is -0.383 e. The first-order valence-corrected chi connectivity index (χ1v) is 7.03. The summed E-state index contributed by atoms with van der Waals surface area (Å²) in [4.78, 5) is 4.50. The molecule has 0 aliphatic rings. The minimum absolute atomic E-state index is 0.352. The second-order valence-corrected chi connectivity index (χ2v) is 5.61. The van der Waals surface area contributed by atoms with Crippen LogP contribution in [-0.2, 0) is 18.3 Å². The lowest BCUT2D eigenvalue weighted by Gasteiger charge is -2.21. The molecule has 2 aromatic heterocycles. The lowest BCUT2D eigenvalue weighted by atomic mass is 10.1. The maximum Gasteiger partial charge on any atom is 0.157 e. The monoisotopic (exact) mass is 276 g/mol. The Bertz CT molecular complexity index is 577. The number of nitrogens with one attached hydrogen (secondary N) is 1. The summed E-state index contributed by atoms with van der Waals surface area (Å²) in [6.45, 7) is 7.93. The normalized spacial score (nSPS) is 13.3. The van der Waals surface area contributed by atoms with E-state index >= 15 is 0 Å². The van der Waals surface area contributed by atoms with Crippen molar-refractivity contribution in [2.24, 2.45) is 13.0 Å². The molecule has 5 nitrogen and oxygen atoms in total. The number of hydrogen-bond donors (Lipinski definition) is 1. The van der Waals surface area contributed by atoms with Gasteiger partial charge in [0.1, 0.15) is 0 Å². The molecule has 0 radical (unpaired) electrons. The number of fused-ring (bicyclic) bond motifs is 1. The smallest absolute Gasteiger partial charge is 0.157 e. The number of pyridine rings is 1. The molecule has 0 aliphatic heterocycles. The Hall–Kier alpha value is -1.46. The average molecular weight is 276 g/mol. The molecule has 2 aromatic rings. The summed E-state index contributed by atoms with van der Waals surface area (Å²) in [5, 5.41) is 9.06. The van der Waals surface area contributed by atoms with Gasteiger partial charge in [0, 0.05) is 38.3 Å². The summed E-state index contributed by atoms with van der Waals surface area (Å²) >= 11 is 0. The van der Waals surface area contributed by atoms with Gasteiger partial charge in [0.15, 0.2) is 5.65 Å². The van der Waals surface area contributed by atoms with Crippen LogP contribution < -0.4 is 5.32 Å². The van der Waals surface area contributed by atoms with E-state index in [2.05, 4.69) is 35.3 Å². The van der Waals surface area contributed by atoms with Gasteiger partial charge < -0.3 is 10.1 Å². The van der Waals surface area contributed by atoms with Gasteiger partial charge in [-0.3, -0.25) is 4.68 Å². The third kappa shape index (κ3) is 3.16. The molecule has 0 fully saturated rings. The molecule has 0 aromatic carbocycles. The number of aryl methyl sites for hydroxylation is 2. The van der Waals surface area contributed by atoms with Crippen molar-refractivity contribution in [3.8, 4) is 0 Å². The lowest BCUT2D eigenvalue weighted by molar-refractivity contribution is 0.146. The Kier molecular flexibility index (Phi) is 4.73. The first-order chi connectivity index (χ1) is 9.52. The highest BCUT2D eigenvalue weighted by Crippen LogP contribution is 2.16. The van der Waals surface area contributed by atoms with Gasteiger partial charge in [-0.05, 0) is 24.5 Å². The van der Waals surface area contributed by atoms with Crippen LogP contribution in [0.2, 0.25) is 0 Å². The van der Waals surface area contributed by atoms with E-state index in [9.17, 15) is 0 Å². The van der Waals surface area contributed by atoms with Crippen LogP contribution in [0.4, 0.5) is 0 Å². The Balaban J connectivity index is 2.11. The Morgan fingerprint density at radius 1 is 1.40 bits per heavy atom. The van der Waals surface area contributed by atoms with Gasteiger partial charge in [-0.25, -0.2) is 4.98 Å². The van der Waals surface area contributed by atoms with Gasteiger partial charge in [0.05, 0.1) is 12.3 Å². The minimum atomic E-state index is 0.352. The highest BCUT2D eigenvalue weighted by molar-refractivity contribution is 5.78. The number of aromatic nitrogens is 3. The molecule has 1 N–H and O–H groups in total. The van der Waals surface area contributed by atoms with Crippen LogP contribution in [0.5, 0.6) is 0 Å². The first-order valence-electron chi connectivity index (χ1n) is 7.03. The van der Waals surface area contributed by atoms with E-state index in [1.807, 2.05) is 24.9 Å². The highest BCUT2D eigenvalue weighted by Gasteiger charge is 2.13. The third-order valence-electron chi connectivity index (χ3n) is 3.64. The molecule has 0 amide bonds. The maximum absolute atomic E-state index is 5.25. The molecule has 0 saturated carbocycles. The van der Waals surface area contributed by atoms with Crippen LogP contribution >= 0.6 is 0 Å². The molecule has 5 heteroatoms. The number of rotatable bonds is 6. The molecule has 110 valence electrons. The van der Waals surface area contributed by atoms with Gasteiger partial charge >= 0.3 is 0 Å². The number of methoxy groups -OCH3 is 1. The van der Waals surface area contributed by atoms with Crippen LogP contribution in [0, 0.1) is 12.8 Å². The predicted octanol–water partition coefficient (Wildman–Crippen LogP) is 2.04. The van der Waals surface area contributed by atoms with Crippen molar-refractivity contribution in [3.63, 3.8) is 0 Å². The van der Waals surface area contributed by atoms with Crippen molar-refractivity contribution in [1.82, 2.24) is 20.1 Å². The van der Waals surface area contributed by atoms with E-state index in [4.69, 9.17) is 4.74 Å². The van der Waals surface area contributed by atoms with Crippen LogP contribution in [0.25, 0.3) is 11.0 Å². The molecule has 0 bridgehead atoms. The second-order valence-electron chi connectivity index (χ2n) is 5.61. The topological polar surface area (TPSA) is 52.0 Å². The number of ether oxygens (including phenoxy) is 1. The van der Waals surface area contributed by atoms with E-state index < -0.39 is 0 Å². The Labute approximate surface area is 120 Å². The molecule has 1 unspecified atom stereocenters. The van der Waals surface area contributed by atoms with Crippen LogP contribution in [0.15, 0.2) is 12.3 Å². The summed E-state index contributed by atoms with van der Waals surface area (Å²) in [6.07, 6.45) is 1.92. The van der Waals surface area contributed by atoms with Crippen molar-refractivity contribution >= 4 is 11.0 Å². The molecule has 1 atom stereocenters. The Morgan fingerprint density at radius 2 is 2.15 bits per heavy atom. The van der Waals surface area contributed by atoms with Crippen molar-refractivity contribution in [1.29, 1.82) is 0 Å². The fourth-order valence-corrected chi connectivity index (χ4v) is 2.36. The van der Waals surface area contributed by atoms with Gasteiger partial charge in [0.25, 0.3) is 0 Å². The summed E-state index contributed by atoms with van der Waals surface area (Å²) in [5.41, 5.74) is 3.13. The Morgan fingerprint density at radius 3 is 2.80 bits per heavy atom. The first kappa shape index (κ1) is 14.9. The molecule has 0 aliphatic carbocycles. The second kappa shape index (κ2) is 6.33. The van der Waals surface area contributed by atoms with E-state index in [1.165, 1.54) is 5.56 Å². The molecular weight excluding hydrogens is 252 g/mol. The van der Waals surface area contributed by atoms with Crippen LogP contribution in [-0.4, -0.2) is 34.5 Å². The quantitative estimate of drug-likeness (QED) is 0.877. The zero-order valence-electron chi connectivity index (χ0n) is 13.0. The standard InChI is InChI=1S/C15H24N4O/c1-10(2)14(9-20-5)16-7-12-6-13-11(3)18-19(4)15(13)17-8-12/h6,8,10,14,16H,7,9H2,1-5H3. The molecule has 2 rings (SSSR count). The zero-order valence-corrected chi connectivity index (χ0v) is 13.0. The molecular formula is C15H24N4O. The summed E-state index contributed by atoms with van der Waals surface area (Å²) < 4.78 is 7.08. The van der Waals surface area contributed by atoms with Gasteiger partial charge in [-0.2, -0.15) is 5.10 Å². The van der Waals surface area contributed by atoms with E-state index in [-0.39, 0.29) is 0 Å². The SMILES string of the molecule is COCC(NCc1cnc2c(c1)c(C)nn2C)C(C)C. The van der Waals surface area contributed by atoms with Crippen LogP contribution in [0.3, 0.4) is 0 Å². The lowest BCUT2D eigenvalue weighted by Crippen LogP contribution is -2.37. The number of nitrogens with zero attached hydrogens (tertiary/aromatic N) is 3. The van der Waals surface area contributed by atoms with Gasteiger partial charge in [-0.15, -0.1) is 0 Å². The number of hydrogen-bond acceptors (Lipinski definition) is 4. The molecule has 0 spiro atoms. The van der Waals surface area contributed by atoms with Crippen molar-refractivity contribution in [2.45, 2.75) is 33.4 Å². The third-order valence-corrected chi connectivity index (χ3v) is 3.64. The van der Waals surface area contributed by atoms with E-state index in [0.29, 0.717) is 12.0 Å².